The molecule has 6 nitrogen and oxygen atoms in total. The number of amides is 2. The molecule has 6 heteroatoms. The number of urea groups is 1. The van der Waals surface area contributed by atoms with Crippen molar-refractivity contribution in [3.63, 3.8) is 0 Å². The first-order chi connectivity index (χ1) is 11.6. The number of rotatable bonds is 8. The van der Waals surface area contributed by atoms with Gasteiger partial charge in [-0.3, -0.25) is 5.21 Å². The summed E-state index contributed by atoms with van der Waals surface area (Å²) in [6.45, 7) is 2.40. The molecule has 0 unspecified atom stereocenters. The molecule has 134 valence electrons. The van der Waals surface area contributed by atoms with Crippen molar-refractivity contribution in [1.82, 2.24) is 5.06 Å². The Morgan fingerprint density at radius 2 is 2.04 bits per heavy atom. The molecule has 2 N–H and O–H groups in total. The highest BCUT2D eigenvalue weighted by Gasteiger charge is 2.19. The third kappa shape index (κ3) is 5.30. The van der Waals surface area contributed by atoms with E-state index in [-0.39, 0.29) is 6.10 Å². The normalized spacial score (nSPS) is 14.5. The van der Waals surface area contributed by atoms with Gasteiger partial charge >= 0.3 is 6.03 Å². The van der Waals surface area contributed by atoms with E-state index in [9.17, 15) is 10.0 Å². The van der Waals surface area contributed by atoms with Crippen LogP contribution in [0, 0.1) is 0 Å². The van der Waals surface area contributed by atoms with Gasteiger partial charge in [-0.1, -0.05) is 19.8 Å². The molecular formula is C18H28N2O4. The third-order valence-electron chi connectivity index (χ3n) is 4.22. The van der Waals surface area contributed by atoms with Crippen LogP contribution in [0.25, 0.3) is 0 Å². The smallest absolute Gasteiger partial charge is 0.345 e. The van der Waals surface area contributed by atoms with Crippen molar-refractivity contribution in [2.24, 2.45) is 0 Å². The van der Waals surface area contributed by atoms with E-state index >= 15 is 0 Å². The topological polar surface area (TPSA) is 71.0 Å². The average Bonchev–Trinajstić information content (AvgIpc) is 3.08. The fourth-order valence-corrected chi connectivity index (χ4v) is 2.83. The lowest BCUT2D eigenvalue weighted by atomic mass is 10.2. The van der Waals surface area contributed by atoms with Crippen LogP contribution in [0.1, 0.15) is 51.9 Å². The molecule has 1 aromatic rings. The summed E-state index contributed by atoms with van der Waals surface area (Å²) in [4.78, 5) is 12.0. The molecule has 1 aliphatic rings. The number of nitrogens with zero attached hydrogens (tertiary/aromatic N) is 1. The number of anilines is 1. The van der Waals surface area contributed by atoms with Crippen LogP contribution < -0.4 is 14.8 Å². The lowest BCUT2D eigenvalue weighted by Gasteiger charge is -2.18. The minimum Gasteiger partial charge on any atom is -0.493 e. The Morgan fingerprint density at radius 3 is 2.71 bits per heavy atom. The number of nitrogens with one attached hydrogen (secondary N) is 1. The Balaban J connectivity index is 1.97. The van der Waals surface area contributed by atoms with E-state index in [1.165, 1.54) is 12.8 Å². The van der Waals surface area contributed by atoms with Crippen LogP contribution in [0.15, 0.2) is 18.2 Å². The van der Waals surface area contributed by atoms with Crippen LogP contribution in [0.4, 0.5) is 10.5 Å². The van der Waals surface area contributed by atoms with Crippen molar-refractivity contribution in [1.29, 1.82) is 0 Å². The number of benzene rings is 1. The molecule has 1 fully saturated rings. The third-order valence-corrected chi connectivity index (χ3v) is 4.22. The van der Waals surface area contributed by atoms with Gasteiger partial charge in [0.05, 0.1) is 19.8 Å². The lowest BCUT2D eigenvalue weighted by Crippen LogP contribution is -2.32. The van der Waals surface area contributed by atoms with Gasteiger partial charge in [-0.05, 0) is 44.2 Å². The minimum atomic E-state index is -0.539. The first kappa shape index (κ1) is 18.4. The summed E-state index contributed by atoms with van der Waals surface area (Å²) >= 11 is 0. The zero-order valence-corrected chi connectivity index (χ0v) is 14.6. The fourth-order valence-electron chi connectivity index (χ4n) is 2.83. The average molecular weight is 336 g/mol. The maximum absolute atomic E-state index is 12.0. The Bertz CT molecular complexity index is 530. The Morgan fingerprint density at radius 1 is 1.29 bits per heavy atom. The SMILES string of the molecule is CCCCCN(O)C(=O)Nc1ccc(OC)c(OC2CCCC2)c1. The van der Waals surface area contributed by atoms with E-state index in [1.807, 2.05) is 0 Å². The zero-order chi connectivity index (χ0) is 17.4. The van der Waals surface area contributed by atoms with Gasteiger partial charge in [0, 0.05) is 11.8 Å². The Hall–Kier alpha value is -1.95. The van der Waals surface area contributed by atoms with Gasteiger partial charge in [-0.2, -0.15) is 0 Å². The predicted molar refractivity (Wildman–Crippen MR) is 92.9 cm³/mol. The molecule has 0 aliphatic heterocycles. The standard InChI is InChI=1S/C18H28N2O4/c1-3-4-7-12-20(22)18(21)19-14-10-11-16(23-2)17(13-14)24-15-8-5-6-9-15/h10-11,13,15,22H,3-9,12H2,1-2H3,(H,19,21). The van der Waals surface area contributed by atoms with Crippen LogP contribution in [-0.4, -0.2) is 36.1 Å². The number of hydrogen-bond donors (Lipinski definition) is 2. The molecule has 0 radical (unpaired) electrons. The van der Waals surface area contributed by atoms with E-state index in [4.69, 9.17) is 9.47 Å². The second-order valence-electron chi connectivity index (χ2n) is 6.15. The minimum absolute atomic E-state index is 0.202. The van der Waals surface area contributed by atoms with Gasteiger partial charge < -0.3 is 14.8 Å². The molecule has 24 heavy (non-hydrogen) atoms. The summed E-state index contributed by atoms with van der Waals surface area (Å²) in [7, 11) is 1.60. The first-order valence-electron chi connectivity index (χ1n) is 8.76. The maximum Gasteiger partial charge on any atom is 0.345 e. The summed E-state index contributed by atoms with van der Waals surface area (Å²) < 4.78 is 11.3. The molecule has 1 saturated carbocycles. The molecule has 1 aliphatic carbocycles. The van der Waals surface area contributed by atoms with E-state index < -0.39 is 6.03 Å². The highest BCUT2D eigenvalue weighted by molar-refractivity contribution is 5.88. The molecule has 2 rings (SSSR count). The van der Waals surface area contributed by atoms with E-state index in [1.54, 1.807) is 25.3 Å². The number of carbonyl (C=O) groups is 1. The highest BCUT2D eigenvalue weighted by atomic mass is 16.5. The first-order valence-corrected chi connectivity index (χ1v) is 8.76. The molecule has 0 atom stereocenters. The van der Waals surface area contributed by atoms with Crippen molar-refractivity contribution in [3.05, 3.63) is 18.2 Å². The number of carbonyl (C=O) groups excluding carboxylic acids is 1. The van der Waals surface area contributed by atoms with Crippen LogP contribution in [-0.2, 0) is 0 Å². The van der Waals surface area contributed by atoms with Crippen LogP contribution in [0.5, 0.6) is 11.5 Å². The lowest BCUT2D eigenvalue weighted by molar-refractivity contribution is -0.0381. The van der Waals surface area contributed by atoms with Gasteiger partial charge in [0.15, 0.2) is 11.5 Å². The number of unbranched alkanes of at least 4 members (excludes halogenated alkanes) is 2. The number of ether oxygens (including phenoxy) is 2. The van der Waals surface area contributed by atoms with Gasteiger partial charge in [-0.25, -0.2) is 9.86 Å². The van der Waals surface area contributed by atoms with Crippen molar-refractivity contribution >= 4 is 11.7 Å². The quantitative estimate of drug-likeness (QED) is 0.418. The van der Waals surface area contributed by atoms with E-state index in [0.717, 1.165) is 37.2 Å². The van der Waals surface area contributed by atoms with E-state index in [0.29, 0.717) is 23.7 Å². The largest absolute Gasteiger partial charge is 0.493 e. The second-order valence-corrected chi connectivity index (χ2v) is 6.15. The molecule has 0 bridgehead atoms. The molecule has 0 heterocycles. The maximum atomic E-state index is 12.0. The molecule has 0 spiro atoms. The number of hydrogen-bond acceptors (Lipinski definition) is 4. The molecule has 2 amide bonds. The summed E-state index contributed by atoms with van der Waals surface area (Å²) in [6.07, 6.45) is 7.44. The number of hydroxylamine groups is 2. The summed E-state index contributed by atoms with van der Waals surface area (Å²) in [5.74, 6) is 1.27. The van der Waals surface area contributed by atoms with Gasteiger partial charge in [0.25, 0.3) is 0 Å². The van der Waals surface area contributed by atoms with Crippen LogP contribution >= 0.6 is 0 Å². The Kier molecular flexibility index (Phi) is 7.18. The monoisotopic (exact) mass is 336 g/mol. The van der Waals surface area contributed by atoms with Crippen molar-refractivity contribution in [2.45, 2.75) is 58.0 Å². The fraction of sp³-hybridized carbons (Fsp3) is 0.611. The van der Waals surface area contributed by atoms with Crippen molar-refractivity contribution < 1.29 is 19.5 Å². The van der Waals surface area contributed by atoms with Crippen LogP contribution in [0.2, 0.25) is 0 Å². The summed E-state index contributed by atoms with van der Waals surface area (Å²) in [5.41, 5.74) is 0.573. The van der Waals surface area contributed by atoms with Gasteiger partial charge in [0.2, 0.25) is 0 Å². The number of methoxy groups -OCH3 is 1. The zero-order valence-electron chi connectivity index (χ0n) is 14.6. The molecule has 0 aromatic heterocycles. The van der Waals surface area contributed by atoms with Gasteiger partial charge in [0.1, 0.15) is 0 Å². The van der Waals surface area contributed by atoms with Gasteiger partial charge in [-0.15, -0.1) is 0 Å². The summed E-state index contributed by atoms with van der Waals surface area (Å²) in [6, 6.07) is 4.70. The van der Waals surface area contributed by atoms with Crippen LogP contribution in [0.3, 0.4) is 0 Å². The second kappa shape index (κ2) is 9.37. The molecular weight excluding hydrogens is 308 g/mol. The van der Waals surface area contributed by atoms with Crippen molar-refractivity contribution in [2.75, 3.05) is 19.0 Å². The Labute approximate surface area is 143 Å². The highest BCUT2D eigenvalue weighted by Crippen LogP contribution is 2.33. The molecule has 1 aromatic carbocycles. The molecule has 0 saturated heterocycles. The predicted octanol–water partition coefficient (Wildman–Crippen LogP) is 4.43. The van der Waals surface area contributed by atoms with Crippen molar-refractivity contribution in [3.8, 4) is 11.5 Å². The summed E-state index contributed by atoms with van der Waals surface area (Å²) in [5, 5.41) is 13.2. The van der Waals surface area contributed by atoms with E-state index in [2.05, 4.69) is 12.2 Å².